The van der Waals surface area contributed by atoms with E-state index in [9.17, 15) is 18.0 Å². The van der Waals surface area contributed by atoms with E-state index in [2.05, 4.69) is 15.0 Å². The average molecular weight is 433 g/mol. The number of rotatable bonds is 3. The van der Waals surface area contributed by atoms with Crippen molar-refractivity contribution < 1.29 is 18.0 Å². The predicted octanol–water partition coefficient (Wildman–Crippen LogP) is 3.89. The van der Waals surface area contributed by atoms with Crippen molar-refractivity contribution in [2.75, 3.05) is 31.1 Å². The van der Waals surface area contributed by atoms with Crippen LogP contribution in [0.5, 0.6) is 0 Å². The molecule has 0 saturated carbocycles. The molecule has 156 valence electrons. The van der Waals surface area contributed by atoms with Gasteiger partial charge >= 0.3 is 6.18 Å². The van der Waals surface area contributed by atoms with Crippen LogP contribution >= 0.6 is 11.3 Å². The van der Waals surface area contributed by atoms with E-state index in [-0.39, 0.29) is 17.5 Å². The molecule has 1 aromatic carbocycles. The van der Waals surface area contributed by atoms with Gasteiger partial charge in [0.25, 0.3) is 5.91 Å². The number of piperazine rings is 1. The largest absolute Gasteiger partial charge is 0.433 e. The second-order valence-electron chi connectivity index (χ2n) is 6.84. The molecule has 6 nitrogen and oxygen atoms in total. The van der Waals surface area contributed by atoms with E-state index < -0.39 is 11.9 Å². The topological polar surface area (TPSA) is 62.2 Å². The van der Waals surface area contributed by atoms with Gasteiger partial charge in [-0.05, 0) is 6.92 Å². The highest BCUT2D eigenvalue weighted by atomic mass is 32.1. The van der Waals surface area contributed by atoms with E-state index in [1.165, 1.54) is 18.3 Å². The third-order valence-corrected chi connectivity index (χ3v) is 5.64. The minimum absolute atomic E-state index is 0.0641. The number of benzene rings is 1. The summed E-state index contributed by atoms with van der Waals surface area (Å²) >= 11 is 1.41. The minimum atomic E-state index is -4.53. The molecule has 1 saturated heterocycles. The van der Waals surface area contributed by atoms with Gasteiger partial charge < -0.3 is 9.80 Å². The molecule has 0 radical (unpaired) electrons. The smallest absolute Gasteiger partial charge is 0.353 e. The Bertz CT molecular complexity index is 1050. The molecule has 1 amide bonds. The van der Waals surface area contributed by atoms with Crippen LogP contribution in [-0.2, 0) is 6.18 Å². The molecule has 0 bridgehead atoms. The lowest BCUT2D eigenvalue weighted by Crippen LogP contribution is -2.49. The van der Waals surface area contributed by atoms with E-state index in [0.717, 1.165) is 16.6 Å². The molecule has 2 aromatic heterocycles. The summed E-state index contributed by atoms with van der Waals surface area (Å²) in [7, 11) is 0. The first-order chi connectivity index (χ1) is 14.3. The Labute approximate surface area is 175 Å². The molecule has 0 N–H and O–H groups in total. The number of carbonyl (C=O) groups is 1. The van der Waals surface area contributed by atoms with E-state index in [1.54, 1.807) is 15.2 Å². The molecular weight excluding hydrogens is 415 g/mol. The molecule has 1 aliphatic rings. The van der Waals surface area contributed by atoms with Crippen LogP contribution in [0.15, 0.2) is 41.8 Å². The van der Waals surface area contributed by atoms with Crippen molar-refractivity contribution in [1.82, 2.24) is 19.9 Å². The fourth-order valence-electron chi connectivity index (χ4n) is 3.25. The summed E-state index contributed by atoms with van der Waals surface area (Å²) in [6.45, 7) is 2.96. The maximum absolute atomic E-state index is 13.0. The van der Waals surface area contributed by atoms with E-state index >= 15 is 0 Å². The number of alkyl halides is 3. The van der Waals surface area contributed by atoms with Crippen LogP contribution in [0, 0.1) is 6.92 Å². The second-order valence-corrected chi connectivity index (χ2v) is 7.70. The Kier molecular flexibility index (Phi) is 5.42. The van der Waals surface area contributed by atoms with Crippen LogP contribution in [0.2, 0.25) is 0 Å². The molecule has 3 aromatic rings. The van der Waals surface area contributed by atoms with Gasteiger partial charge in [0.1, 0.15) is 28.0 Å². The zero-order valence-corrected chi connectivity index (χ0v) is 16.9. The zero-order valence-electron chi connectivity index (χ0n) is 16.1. The van der Waals surface area contributed by atoms with Gasteiger partial charge in [0, 0.05) is 43.2 Å². The van der Waals surface area contributed by atoms with Crippen LogP contribution < -0.4 is 4.90 Å². The van der Waals surface area contributed by atoms with Crippen LogP contribution in [-0.4, -0.2) is 51.9 Å². The highest BCUT2D eigenvalue weighted by Crippen LogP contribution is 2.30. The van der Waals surface area contributed by atoms with Gasteiger partial charge in [-0.3, -0.25) is 4.79 Å². The highest BCUT2D eigenvalue weighted by Gasteiger charge is 2.34. The SMILES string of the molecule is Cc1nc(N2CCN(C(=O)c3csc(-c4ccccc4)n3)CC2)cc(C(F)(F)F)n1. The molecule has 10 heteroatoms. The lowest BCUT2D eigenvalue weighted by Gasteiger charge is -2.35. The number of nitrogens with zero attached hydrogens (tertiary/aromatic N) is 5. The second kappa shape index (κ2) is 8.02. The number of aryl methyl sites for hydroxylation is 1. The van der Waals surface area contributed by atoms with E-state index in [1.807, 2.05) is 30.3 Å². The molecule has 3 heterocycles. The first-order valence-electron chi connectivity index (χ1n) is 9.29. The molecule has 1 fully saturated rings. The average Bonchev–Trinajstić information content (AvgIpc) is 3.23. The van der Waals surface area contributed by atoms with Crippen molar-refractivity contribution in [3.63, 3.8) is 0 Å². The number of halogens is 3. The highest BCUT2D eigenvalue weighted by molar-refractivity contribution is 7.13. The van der Waals surface area contributed by atoms with Gasteiger partial charge in [-0.2, -0.15) is 13.2 Å². The number of thiazole rings is 1. The zero-order chi connectivity index (χ0) is 21.3. The minimum Gasteiger partial charge on any atom is -0.353 e. The van der Waals surface area contributed by atoms with Crippen molar-refractivity contribution in [1.29, 1.82) is 0 Å². The summed E-state index contributed by atoms with van der Waals surface area (Å²) in [5.74, 6) is 0.110. The van der Waals surface area contributed by atoms with E-state index in [4.69, 9.17) is 0 Å². The fourth-order valence-corrected chi connectivity index (χ4v) is 4.05. The Balaban J connectivity index is 1.43. The molecule has 1 aliphatic heterocycles. The van der Waals surface area contributed by atoms with Gasteiger partial charge in [0.05, 0.1) is 0 Å². The number of hydrogen-bond acceptors (Lipinski definition) is 6. The van der Waals surface area contributed by atoms with E-state index in [0.29, 0.717) is 31.9 Å². The van der Waals surface area contributed by atoms with Crippen molar-refractivity contribution in [3.05, 3.63) is 59.0 Å². The van der Waals surface area contributed by atoms with Crippen molar-refractivity contribution in [2.45, 2.75) is 13.1 Å². The van der Waals surface area contributed by atoms with Crippen LogP contribution in [0.1, 0.15) is 22.0 Å². The quantitative estimate of drug-likeness (QED) is 0.627. The molecule has 0 unspecified atom stereocenters. The maximum Gasteiger partial charge on any atom is 0.433 e. The monoisotopic (exact) mass is 433 g/mol. The summed E-state index contributed by atoms with van der Waals surface area (Å²) in [5, 5.41) is 2.51. The number of carbonyl (C=O) groups excluding carboxylic acids is 1. The van der Waals surface area contributed by atoms with Gasteiger partial charge in [-0.25, -0.2) is 15.0 Å². The first kappa shape index (κ1) is 20.3. The predicted molar refractivity (Wildman–Crippen MR) is 107 cm³/mol. The number of anilines is 1. The number of aromatic nitrogens is 3. The van der Waals surface area contributed by atoms with Crippen molar-refractivity contribution >= 4 is 23.1 Å². The van der Waals surface area contributed by atoms with Crippen LogP contribution in [0.25, 0.3) is 10.6 Å². The lowest BCUT2D eigenvalue weighted by molar-refractivity contribution is -0.141. The Morgan fingerprint density at radius 1 is 1.03 bits per heavy atom. The summed E-state index contributed by atoms with van der Waals surface area (Å²) in [5.41, 5.74) is 0.370. The first-order valence-corrected chi connectivity index (χ1v) is 10.2. The van der Waals surface area contributed by atoms with Crippen molar-refractivity contribution in [2.24, 2.45) is 0 Å². The molecule has 0 spiro atoms. The number of hydrogen-bond donors (Lipinski definition) is 0. The Hall–Kier alpha value is -3.01. The lowest BCUT2D eigenvalue weighted by atomic mass is 10.2. The van der Waals surface area contributed by atoms with Gasteiger partial charge in [-0.15, -0.1) is 11.3 Å². The molecule has 4 rings (SSSR count). The van der Waals surface area contributed by atoms with Crippen molar-refractivity contribution in [3.8, 4) is 10.6 Å². The summed E-state index contributed by atoms with van der Waals surface area (Å²) in [6.07, 6.45) is -4.53. The van der Waals surface area contributed by atoms with Gasteiger partial charge in [0.15, 0.2) is 0 Å². The molecule has 0 aliphatic carbocycles. The summed E-state index contributed by atoms with van der Waals surface area (Å²) < 4.78 is 39.1. The maximum atomic E-state index is 13.0. The Morgan fingerprint density at radius 2 is 1.73 bits per heavy atom. The standard InChI is InChI=1S/C20H18F3N5OS/c1-13-24-16(20(21,22)23)11-17(25-13)27-7-9-28(10-8-27)19(29)15-12-30-18(26-15)14-5-3-2-4-6-14/h2-6,11-12H,7-10H2,1H3. The summed E-state index contributed by atoms with van der Waals surface area (Å²) in [6, 6.07) is 10.6. The van der Waals surface area contributed by atoms with Gasteiger partial charge in [-0.1, -0.05) is 30.3 Å². The van der Waals surface area contributed by atoms with Crippen LogP contribution in [0.3, 0.4) is 0 Å². The van der Waals surface area contributed by atoms with Gasteiger partial charge in [0.2, 0.25) is 0 Å². The van der Waals surface area contributed by atoms with Crippen LogP contribution in [0.4, 0.5) is 19.0 Å². The third-order valence-electron chi connectivity index (χ3n) is 4.75. The summed E-state index contributed by atoms with van der Waals surface area (Å²) in [4.78, 5) is 28.3. The molecule has 30 heavy (non-hydrogen) atoms. The molecular formula is C20H18F3N5OS. The fraction of sp³-hybridized carbons (Fsp3) is 0.300. The molecule has 0 atom stereocenters. The third kappa shape index (κ3) is 4.28. The Morgan fingerprint density at radius 3 is 2.40 bits per heavy atom. The normalized spacial score (nSPS) is 14.8. The number of amides is 1.